The van der Waals surface area contributed by atoms with Crippen molar-refractivity contribution >= 4 is 17.7 Å². The Morgan fingerprint density at radius 1 is 1.20 bits per heavy atom. The van der Waals surface area contributed by atoms with E-state index in [4.69, 9.17) is 5.73 Å². The number of carbonyl (C=O) groups is 3. The highest BCUT2D eigenvalue weighted by molar-refractivity contribution is 6.05. The molecule has 162 valence electrons. The average molecular weight is 413 g/mol. The lowest BCUT2D eigenvalue weighted by Gasteiger charge is -2.29. The van der Waals surface area contributed by atoms with Crippen molar-refractivity contribution in [3.63, 3.8) is 0 Å². The first-order valence-corrected chi connectivity index (χ1v) is 11.2. The predicted molar refractivity (Wildman–Crippen MR) is 113 cm³/mol. The number of carbonyl (C=O) groups excluding carboxylic acids is 3. The molecule has 1 unspecified atom stereocenters. The van der Waals surface area contributed by atoms with Gasteiger partial charge in [0.2, 0.25) is 11.8 Å². The maximum Gasteiger partial charge on any atom is 0.255 e. The van der Waals surface area contributed by atoms with Gasteiger partial charge in [0, 0.05) is 25.1 Å². The lowest BCUT2D eigenvalue weighted by atomic mass is 9.82. The Hall–Kier alpha value is -2.25. The number of rotatable bonds is 8. The van der Waals surface area contributed by atoms with Gasteiger partial charge in [-0.25, -0.2) is 0 Å². The zero-order chi connectivity index (χ0) is 21.1. The van der Waals surface area contributed by atoms with E-state index in [-0.39, 0.29) is 24.1 Å². The summed E-state index contributed by atoms with van der Waals surface area (Å²) in [5.41, 5.74) is 9.15. The fourth-order valence-corrected chi connectivity index (χ4v) is 5.24. The lowest BCUT2D eigenvalue weighted by molar-refractivity contribution is -0.136. The van der Waals surface area contributed by atoms with Crippen LogP contribution in [0.5, 0.6) is 0 Å². The zero-order valence-corrected chi connectivity index (χ0v) is 17.5. The Kier molecular flexibility index (Phi) is 6.20. The van der Waals surface area contributed by atoms with E-state index in [1.54, 1.807) is 4.90 Å². The van der Waals surface area contributed by atoms with Crippen molar-refractivity contribution in [2.75, 3.05) is 13.1 Å². The van der Waals surface area contributed by atoms with Gasteiger partial charge in [-0.3, -0.25) is 19.7 Å². The second-order valence-electron chi connectivity index (χ2n) is 9.08. The number of benzene rings is 1. The normalized spacial score (nSPS) is 23.0. The van der Waals surface area contributed by atoms with E-state index in [2.05, 4.69) is 16.7 Å². The van der Waals surface area contributed by atoms with E-state index in [0.29, 0.717) is 23.9 Å². The highest BCUT2D eigenvalue weighted by atomic mass is 16.2. The van der Waals surface area contributed by atoms with E-state index in [9.17, 15) is 14.4 Å². The molecule has 1 saturated carbocycles. The summed E-state index contributed by atoms with van der Waals surface area (Å²) in [6.07, 6.45) is 8.15. The van der Waals surface area contributed by atoms with Gasteiger partial charge in [0.25, 0.3) is 5.91 Å². The van der Waals surface area contributed by atoms with E-state index in [1.807, 2.05) is 12.1 Å². The van der Waals surface area contributed by atoms with Crippen LogP contribution in [0.2, 0.25) is 0 Å². The highest BCUT2D eigenvalue weighted by Crippen LogP contribution is 2.40. The van der Waals surface area contributed by atoms with Crippen molar-refractivity contribution < 1.29 is 14.4 Å². The summed E-state index contributed by atoms with van der Waals surface area (Å²) in [5, 5.41) is 5.86. The van der Waals surface area contributed by atoms with Crippen LogP contribution in [0.1, 0.15) is 72.9 Å². The fourth-order valence-electron chi connectivity index (χ4n) is 5.24. The van der Waals surface area contributed by atoms with E-state index in [1.165, 1.54) is 32.1 Å². The van der Waals surface area contributed by atoms with Crippen LogP contribution < -0.4 is 16.4 Å². The van der Waals surface area contributed by atoms with Crippen LogP contribution in [-0.2, 0) is 22.7 Å². The second-order valence-corrected chi connectivity index (χ2v) is 9.08. The summed E-state index contributed by atoms with van der Waals surface area (Å²) < 4.78 is 0. The van der Waals surface area contributed by atoms with E-state index >= 15 is 0 Å². The Balaban J connectivity index is 1.29. The van der Waals surface area contributed by atoms with Crippen molar-refractivity contribution in [2.45, 2.75) is 70.5 Å². The topological polar surface area (TPSA) is 105 Å². The molecular formula is C23H32N4O3. The number of imide groups is 1. The molecule has 4 N–H and O–H groups in total. The molecule has 0 radical (unpaired) electrons. The second kappa shape index (κ2) is 8.86. The Bertz CT molecular complexity index is 832. The molecule has 1 aliphatic carbocycles. The minimum atomic E-state index is -0.561. The first-order chi connectivity index (χ1) is 14.5. The maximum atomic E-state index is 12.8. The molecule has 1 aromatic rings. The monoisotopic (exact) mass is 412 g/mol. The van der Waals surface area contributed by atoms with Crippen LogP contribution in [0.15, 0.2) is 18.2 Å². The first-order valence-electron chi connectivity index (χ1n) is 11.2. The molecule has 3 aliphatic rings. The third-order valence-corrected chi connectivity index (χ3v) is 7.07. The molecule has 1 atom stereocenters. The van der Waals surface area contributed by atoms with Crippen LogP contribution in [0, 0.1) is 5.41 Å². The predicted octanol–water partition coefficient (Wildman–Crippen LogP) is 1.84. The van der Waals surface area contributed by atoms with Crippen molar-refractivity contribution in [3.8, 4) is 0 Å². The molecule has 1 aromatic carbocycles. The van der Waals surface area contributed by atoms with E-state index < -0.39 is 6.04 Å². The Labute approximate surface area is 177 Å². The standard InChI is InChI=1S/C23H32N4O3/c24-15-23(8-1-2-9-23)10-3-11-25-13-16-4-5-18-17(12-16)14-27(22(18)30)19-6-7-20(28)26-21(19)29/h4-5,12,19,25H,1-3,6-11,13-15,24H2,(H,26,28,29). The minimum absolute atomic E-state index is 0.123. The number of amides is 3. The van der Waals surface area contributed by atoms with Crippen molar-refractivity contribution in [1.82, 2.24) is 15.5 Å². The number of piperidine rings is 1. The van der Waals surface area contributed by atoms with Gasteiger partial charge in [-0.15, -0.1) is 0 Å². The van der Waals surface area contributed by atoms with Crippen LogP contribution >= 0.6 is 0 Å². The Morgan fingerprint density at radius 2 is 2.00 bits per heavy atom. The SMILES string of the molecule is NCC1(CCCNCc2ccc3c(c2)CN(C2CCC(=O)NC2=O)C3=O)CCCC1. The van der Waals surface area contributed by atoms with Crippen LogP contribution in [0.25, 0.3) is 0 Å². The van der Waals surface area contributed by atoms with Crippen LogP contribution in [0.3, 0.4) is 0 Å². The van der Waals surface area contributed by atoms with Gasteiger partial charge in [0.1, 0.15) is 6.04 Å². The van der Waals surface area contributed by atoms with Crippen molar-refractivity contribution in [2.24, 2.45) is 11.1 Å². The lowest BCUT2D eigenvalue weighted by Crippen LogP contribution is -2.52. The van der Waals surface area contributed by atoms with Gasteiger partial charge >= 0.3 is 0 Å². The third-order valence-electron chi connectivity index (χ3n) is 7.07. The van der Waals surface area contributed by atoms with Crippen LogP contribution in [0.4, 0.5) is 0 Å². The molecule has 30 heavy (non-hydrogen) atoms. The zero-order valence-electron chi connectivity index (χ0n) is 17.5. The summed E-state index contributed by atoms with van der Waals surface area (Å²) in [6.45, 7) is 2.94. The molecule has 3 amide bonds. The summed E-state index contributed by atoms with van der Waals surface area (Å²) >= 11 is 0. The third kappa shape index (κ3) is 4.27. The summed E-state index contributed by atoms with van der Waals surface area (Å²) in [4.78, 5) is 37.9. The number of nitrogens with one attached hydrogen (secondary N) is 2. The molecular weight excluding hydrogens is 380 g/mol. The van der Waals surface area contributed by atoms with Gasteiger partial charge in [-0.05, 0) is 67.8 Å². The Morgan fingerprint density at radius 3 is 2.73 bits per heavy atom. The summed E-state index contributed by atoms with van der Waals surface area (Å²) in [5.74, 6) is -0.756. The highest BCUT2D eigenvalue weighted by Gasteiger charge is 2.39. The number of nitrogens with two attached hydrogens (primary N) is 1. The minimum Gasteiger partial charge on any atom is -0.330 e. The molecule has 7 nitrogen and oxygen atoms in total. The molecule has 1 saturated heterocycles. The van der Waals surface area contributed by atoms with Gasteiger partial charge < -0.3 is 16.0 Å². The molecule has 0 bridgehead atoms. The molecule has 0 aromatic heterocycles. The molecule has 4 rings (SSSR count). The van der Waals surface area contributed by atoms with Gasteiger partial charge in [-0.1, -0.05) is 25.0 Å². The molecule has 7 heteroatoms. The number of nitrogens with zero attached hydrogens (tertiary/aromatic N) is 1. The van der Waals surface area contributed by atoms with Crippen molar-refractivity contribution in [1.29, 1.82) is 0 Å². The van der Waals surface area contributed by atoms with Gasteiger partial charge in [-0.2, -0.15) is 0 Å². The van der Waals surface area contributed by atoms with Gasteiger partial charge in [0.15, 0.2) is 0 Å². The fraction of sp³-hybridized carbons (Fsp3) is 0.609. The average Bonchev–Trinajstić information content (AvgIpc) is 3.33. The molecule has 2 fully saturated rings. The summed E-state index contributed by atoms with van der Waals surface area (Å²) in [6, 6.07) is 5.35. The molecule has 2 aliphatic heterocycles. The summed E-state index contributed by atoms with van der Waals surface area (Å²) in [7, 11) is 0. The van der Waals surface area contributed by atoms with Crippen LogP contribution in [-0.4, -0.2) is 41.8 Å². The first kappa shape index (κ1) is 21.0. The van der Waals surface area contributed by atoms with E-state index in [0.717, 1.165) is 37.2 Å². The largest absolute Gasteiger partial charge is 0.330 e. The molecule has 0 spiro atoms. The maximum absolute atomic E-state index is 12.8. The number of fused-ring (bicyclic) bond motifs is 1. The number of hydrogen-bond donors (Lipinski definition) is 3. The smallest absolute Gasteiger partial charge is 0.255 e. The molecule has 2 heterocycles. The van der Waals surface area contributed by atoms with Gasteiger partial charge in [0.05, 0.1) is 0 Å². The number of hydrogen-bond acceptors (Lipinski definition) is 5. The van der Waals surface area contributed by atoms with Crippen molar-refractivity contribution in [3.05, 3.63) is 34.9 Å². The quantitative estimate of drug-likeness (QED) is 0.446.